The molecule has 2 aromatic rings. The summed E-state index contributed by atoms with van der Waals surface area (Å²) in [6, 6.07) is 19.9. The van der Waals surface area contributed by atoms with Crippen LogP contribution < -0.4 is 0 Å². The summed E-state index contributed by atoms with van der Waals surface area (Å²) in [5.74, 6) is 1.39. The third-order valence-corrected chi connectivity index (χ3v) is 5.16. The van der Waals surface area contributed by atoms with Crippen LogP contribution in [0.1, 0.15) is 38.8 Å². The van der Waals surface area contributed by atoms with Gasteiger partial charge >= 0.3 is 0 Å². The van der Waals surface area contributed by atoms with Gasteiger partial charge in [0.15, 0.2) is 0 Å². The maximum atomic E-state index is 6.47. The Morgan fingerprint density at radius 2 is 0.962 bits per heavy atom. The molecule has 0 bridgehead atoms. The second kappa shape index (κ2) is 5.97. The molecule has 0 saturated carbocycles. The van der Waals surface area contributed by atoms with Crippen LogP contribution in [-0.2, 0) is 9.47 Å². The van der Waals surface area contributed by atoms with Crippen LogP contribution in [0.15, 0.2) is 70.6 Å². The summed E-state index contributed by atoms with van der Waals surface area (Å²) < 4.78 is 12.9. The molecule has 2 atom stereocenters. The molecule has 0 aromatic heterocycles. The third-order valence-electron chi connectivity index (χ3n) is 5.16. The van der Waals surface area contributed by atoms with Crippen molar-refractivity contribution in [1.82, 2.24) is 0 Å². The third kappa shape index (κ3) is 2.28. The fourth-order valence-electron chi connectivity index (χ4n) is 3.72. The Labute approximate surface area is 154 Å². The number of nitrogens with zero attached hydrogens (tertiary/aromatic N) is 2. The quantitative estimate of drug-likeness (QED) is 0.807. The summed E-state index contributed by atoms with van der Waals surface area (Å²) in [5, 5.41) is 0. The highest BCUT2D eigenvalue weighted by Gasteiger charge is 2.68. The van der Waals surface area contributed by atoms with E-state index < -0.39 is 11.4 Å². The number of benzene rings is 2. The molecule has 2 unspecified atom stereocenters. The fourth-order valence-corrected chi connectivity index (χ4v) is 3.72. The van der Waals surface area contributed by atoms with Crippen LogP contribution >= 0.6 is 0 Å². The summed E-state index contributed by atoms with van der Waals surface area (Å²) in [6.07, 6.45) is 0. The summed E-state index contributed by atoms with van der Waals surface area (Å²) in [6.45, 7) is 8.45. The van der Waals surface area contributed by atoms with Gasteiger partial charge in [0.1, 0.15) is 0 Å². The number of fused-ring (bicyclic) bond motifs is 1. The highest BCUT2D eigenvalue weighted by Crippen LogP contribution is 2.52. The largest absolute Gasteiger partial charge is 0.442 e. The van der Waals surface area contributed by atoms with E-state index in [0.29, 0.717) is 11.8 Å². The molecule has 2 aliphatic heterocycles. The van der Waals surface area contributed by atoms with Crippen LogP contribution in [0.4, 0.5) is 0 Å². The number of hydrogen-bond donors (Lipinski definition) is 0. The molecular weight excluding hydrogens is 324 g/mol. The predicted octanol–water partition coefficient (Wildman–Crippen LogP) is 4.65. The van der Waals surface area contributed by atoms with Crippen molar-refractivity contribution in [2.75, 3.05) is 0 Å². The van der Waals surface area contributed by atoms with E-state index in [-0.39, 0.29) is 11.8 Å². The summed E-state index contributed by atoms with van der Waals surface area (Å²) in [5.41, 5.74) is 0.165. The van der Waals surface area contributed by atoms with Crippen molar-refractivity contribution in [1.29, 1.82) is 0 Å². The lowest BCUT2D eigenvalue weighted by Gasteiger charge is -2.38. The lowest BCUT2D eigenvalue weighted by atomic mass is 9.83. The smallest absolute Gasteiger partial charge is 0.268 e. The zero-order chi connectivity index (χ0) is 18.4. The maximum absolute atomic E-state index is 6.47. The first kappa shape index (κ1) is 16.8. The van der Waals surface area contributed by atoms with Crippen molar-refractivity contribution in [2.24, 2.45) is 21.8 Å². The molecule has 4 heteroatoms. The molecular formula is C22H24N2O2. The first-order chi connectivity index (χ1) is 12.5. The van der Waals surface area contributed by atoms with Crippen LogP contribution in [0.5, 0.6) is 0 Å². The number of aliphatic imine (C=N–C) groups is 2. The van der Waals surface area contributed by atoms with Crippen LogP contribution in [0.3, 0.4) is 0 Å². The van der Waals surface area contributed by atoms with Crippen molar-refractivity contribution in [2.45, 2.75) is 39.1 Å². The number of rotatable bonds is 4. The fraction of sp³-hybridized carbons (Fsp3) is 0.364. The zero-order valence-electron chi connectivity index (χ0n) is 15.6. The normalized spacial score (nSPS) is 27.0. The Morgan fingerprint density at radius 1 is 0.615 bits per heavy atom. The second-order valence-corrected chi connectivity index (χ2v) is 7.47. The average Bonchev–Trinajstić information content (AvgIpc) is 3.15. The van der Waals surface area contributed by atoms with E-state index in [1.807, 2.05) is 60.7 Å². The predicted molar refractivity (Wildman–Crippen MR) is 103 cm³/mol. The van der Waals surface area contributed by atoms with E-state index in [0.717, 1.165) is 11.1 Å². The Balaban J connectivity index is 1.84. The maximum Gasteiger partial charge on any atom is 0.268 e. The van der Waals surface area contributed by atoms with E-state index in [4.69, 9.17) is 19.5 Å². The highest BCUT2D eigenvalue weighted by molar-refractivity contribution is 6.00. The molecule has 134 valence electrons. The Bertz CT molecular complexity index is 785. The monoisotopic (exact) mass is 348 g/mol. The highest BCUT2D eigenvalue weighted by atomic mass is 16.6. The van der Waals surface area contributed by atoms with Crippen molar-refractivity contribution in [3.05, 3.63) is 71.8 Å². The molecule has 0 radical (unpaired) electrons. The van der Waals surface area contributed by atoms with Crippen LogP contribution in [0, 0.1) is 11.8 Å². The second-order valence-electron chi connectivity index (χ2n) is 7.47. The van der Waals surface area contributed by atoms with Gasteiger partial charge < -0.3 is 9.47 Å². The minimum Gasteiger partial charge on any atom is -0.442 e. The van der Waals surface area contributed by atoms with Gasteiger partial charge in [0, 0.05) is 23.0 Å². The zero-order valence-corrected chi connectivity index (χ0v) is 15.6. The average molecular weight is 348 g/mol. The number of ether oxygens (including phenoxy) is 2. The van der Waals surface area contributed by atoms with Gasteiger partial charge in [-0.1, -0.05) is 64.1 Å². The van der Waals surface area contributed by atoms with Gasteiger partial charge in [-0.15, -0.1) is 0 Å². The first-order valence-corrected chi connectivity index (χ1v) is 9.17. The molecule has 0 spiro atoms. The van der Waals surface area contributed by atoms with Gasteiger partial charge in [0.25, 0.3) is 11.4 Å². The van der Waals surface area contributed by atoms with E-state index in [9.17, 15) is 0 Å². The molecule has 0 amide bonds. The van der Waals surface area contributed by atoms with Gasteiger partial charge in [-0.05, 0) is 24.3 Å². The summed E-state index contributed by atoms with van der Waals surface area (Å²) >= 11 is 0. The molecule has 4 rings (SSSR count). The van der Waals surface area contributed by atoms with Gasteiger partial charge in [-0.2, -0.15) is 9.98 Å². The molecule has 0 N–H and O–H groups in total. The van der Waals surface area contributed by atoms with Gasteiger partial charge in [0.05, 0.1) is 0 Å². The Kier molecular flexibility index (Phi) is 3.87. The topological polar surface area (TPSA) is 43.2 Å². The lowest BCUT2D eigenvalue weighted by Crippen LogP contribution is -2.55. The van der Waals surface area contributed by atoms with E-state index in [2.05, 4.69) is 27.7 Å². The first-order valence-electron chi connectivity index (χ1n) is 9.17. The van der Waals surface area contributed by atoms with Gasteiger partial charge in [-0.25, -0.2) is 0 Å². The van der Waals surface area contributed by atoms with Crippen molar-refractivity contribution >= 4 is 11.8 Å². The lowest BCUT2D eigenvalue weighted by molar-refractivity contribution is -0.123. The molecule has 0 saturated heterocycles. The minimum atomic E-state index is -0.864. The van der Waals surface area contributed by atoms with E-state index in [1.54, 1.807) is 0 Å². The molecule has 2 aromatic carbocycles. The molecule has 2 heterocycles. The minimum absolute atomic E-state index is 0.0936. The van der Waals surface area contributed by atoms with Gasteiger partial charge in [-0.3, -0.25) is 0 Å². The SMILES string of the molecule is CC(C)C12N=C(c3ccccc3)OC1(C(C)C)N=C(c1ccccc1)O2. The van der Waals surface area contributed by atoms with Crippen molar-refractivity contribution in [3.63, 3.8) is 0 Å². The van der Waals surface area contributed by atoms with Gasteiger partial charge in [0.2, 0.25) is 11.8 Å². The summed E-state index contributed by atoms with van der Waals surface area (Å²) in [7, 11) is 0. The molecule has 4 nitrogen and oxygen atoms in total. The summed E-state index contributed by atoms with van der Waals surface area (Å²) in [4.78, 5) is 9.96. The van der Waals surface area contributed by atoms with Crippen molar-refractivity contribution in [3.8, 4) is 0 Å². The Morgan fingerprint density at radius 3 is 1.27 bits per heavy atom. The molecule has 0 fully saturated rings. The van der Waals surface area contributed by atoms with Crippen molar-refractivity contribution < 1.29 is 9.47 Å². The molecule has 2 aliphatic rings. The van der Waals surface area contributed by atoms with Crippen LogP contribution in [0.2, 0.25) is 0 Å². The van der Waals surface area contributed by atoms with E-state index in [1.165, 1.54) is 0 Å². The standard InChI is InChI=1S/C22H24N2O2/c1-15(2)21-22(16(3)4,24-20(25-21)18-13-9-6-10-14-18)26-19(23-21)17-11-7-5-8-12-17/h5-16H,1-4H3. The van der Waals surface area contributed by atoms with Crippen LogP contribution in [0.25, 0.3) is 0 Å². The van der Waals surface area contributed by atoms with Crippen LogP contribution in [-0.4, -0.2) is 23.2 Å². The molecule has 0 aliphatic carbocycles. The Hall–Kier alpha value is -2.62. The number of hydrogen-bond acceptors (Lipinski definition) is 4. The van der Waals surface area contributed by atoms with E-state index >= 15 is 0 Å². The molecule has 26 heavy (non-hydrogen) atoms.